The highest BCUT2D eigenvalue weighted by Gasteiger charge is 2.19. The van der Waals surface area contributed by atoms with Crippen molar-refractivity contribution in [2.75, 3.05) is 0 Å². The second-order valence-electron chi connectivity index (χ2n) is 10.5. The number of fused-ring (bicyclic) bond motifs is 5. The zero-order valence-corrected chi connectivity index (χ0v) is 23.4. The summed E-state index contributed by atoms with van der Waals surface area (Å²) in [7, 11) is 0. The van der Waals surface area contributed by atoms with E-state index >= 15 is 0 Å². The average Bonchev–Trinajstić information content (AvgIpc) is 3.67. The number of hydrogen-bond donors (Lipinski definition) is 0. The van der Waals surface area contributed by atoms with E-state index in [4.69, 9.17) is 18.1 Å². The van der Waals surface area contributed by atoms with Crippen LogP contribution in [0, 0.1) is 0 Å². The first-order valence-electron chi connectivity index (χ1n) is 21.7. The van der Waals surface area contributed by atoms with Crippen LogP contribution in [0.4, 0.5) is 0 Å². The third-order valence-corrected chi connectivity index (χ3v) is 7.94. The molecule has 0 N–H and O–H groups in total. The molecular weight excluding hydrogens is 544 g/mol. The van der Waals surface area contributed by atoms with E-state index in [1.54, 1.807) is 72.8 Å². The van der Waals surface area contributed by atoms with Gasteiger partial charge in [-0.25, -0.2) is 0 Å². The molecule has 210 valence electrons. The molecule has 1 heteroatoms. The summed E-state index contributed by atoms with van der Waals surface area (Å²) in [6.07, 6.45) is 0. The van der Waals surface area contributed by atoms with Crippen LogP contribution in [0.15, 0.2) is 174 Å². The summed E-state index contributed by atoms with van der Waals surface area (Å²) < 4.78 is 139. The molecule has 0 bridgehead atoms. The van der Waals surface area contributed by atoms with Crippen molar-refractivity contribution in [3.8, 4) is 44.5 Å². The van der Waals surface area contributed by atoms with Gasteiger partial charge in [0.1, 0.15) is 11.2 Å². The van der Waals surface area contributed by atoms with E-state index in [0.29, 0.717) is 43.8 Å². The highest BCUT2D eigenvalue weighted by Crippen LogP contribution is 2.46. The first-order valence-corrected chi connectivity index (χ1v) is 14.2. The normalized spacial score (nSPS) is 16.2. The van der Waals surface area contributed by atoms with Gasteiger partial charge in [0, 0.05) is 10.8 Å². The van der Waals surface area contributed by atoms with Crippen molar-refractivity contribution in [3.05, 3.63) is 169 Å². The average molecular weight is 588 g/mol. The summed E-state index contributed by atoms with van der Waals surface area (Å²) in [4.78, 5) is 0. The van der Waals surface area contributed by atoms with Crippen LogP contribution in [-0.4, -0.2) is 0 Å². The Morgan fingerprint density at radius 2 is 0.956 bits per heavy atom. The van der Waals surface area contributed by atoms with Gasteiger partial charge in [-0.2, -0.15) is 0 Å². The minimum atomic E-state index is -0.699. The predicted molar refractivity (Wildman–Crippen MR) is 190 cm³/mol. The molecule has 1 aromatic heterocycles. The number of furan rings is 1. The van der Waals surface area contributed by atoms with Crippen LogP contribution < -0.4 is 0 Å². The third-order valence-electron chi connectivity index (χ3n) is 7.94. The molecule has 1 nitrogen and oxygen atoms in total. The lowest BCUT2D eigenvalue weighted by molar-refractivity contribution is 0.669. The lowest BCUT2D eigenvalue weighted by Gasteiger charge is -2.19. The van der Waals surface area contributed by atoms with E-state index in [1.807, 2.05) is 6.07 Å². The van der Waals surface area contributed by atoms with Crippen molar-refractivity contribution in [2.24, 2.45) is 0 Å². The zero-order chi connectivity index (χ0) is 42.8. The SMILES string of the molecule is [2H]c1c([2H])c([2H])c(-c2c([2H])c([2H])c3oc4c([2H])c(-c5c6ccccc6c(-c6c([2H])c([2H])c([2H])c([2H])c6-c6ccccc6)c6ccccc56)c([2H])c([2H])c4c3c2[2H])c([2H])c1[2H]. The molecule has 0 unspecified atom stereocenters. The topological polar surface area (TPSA) is 13.1 Å². The summed E-state index contributed by atoms with van der Waals surface area (Å²) in [5, 5.41) is 1.65. The molecule has 0 saturated carbocycles. The Balaban J connectivity index is 1.41. The van der Waals surface area contributed by atoms with Gasteiger partial charge in [0.2, 0.25) is 0 Å². The quantitative estimate of drug-likeness (QED) is 0.187. The predicted octanol–water partition coefficient (Wildman–Crippen LogP) is 12.6. The van der Waals surface area contributed by atoms with Crippen molar-refractivity contribution in [1.29, 1.82) is 0 Å². The Morgan fingerprint density at radius 3 is 1.67 bits per heavy atom. The van der Waals surface area contributed by atoms with Crippen LogP contribution in [0.25, 0.3) is 88.0 Å². The highest BCUT2D eigenvalue weighted by molar-refractivity contribution is 6.23. The fraction of sp³-hybridized carbons (Fsp3) is 0. The Labute approximate surface area is 282 Å². The van der Waals surface area contributed by atoms with Crippen LogP contribution >= 0.6 is 0 Å². The van der Waals surface area contributed by atoms with Gasteiger partial charge in [-0.15, -0.1) is 0 Å². The standard InChI is InChI=1S/C44H28O/c1-3-13-29(14-4-1)31-24-26-41-40(27-31)34-25-23-32(28-42(34)45-41)43-36-19-9-11-21-38(36)44(39-22-12-10-20-37(39)43)35-18-8-7-17-33(35)30-15-5-2-6-16-30/h1-28H/i1D,3D,4D,7D,8D,13D,14D,17D,18D,23D,24D,25D,26D,27D,28D. The van der Waals surface area contributed by atoms with Gasteiger partial charge in [0.05, 0.1) is 20.6 Å². The fourth-order valence-electron chi connectivity index (χ4n) is 6.00. The maximum Gasteiger partial charge on any atom is 0.136 e. The smallest absolute Gasteiger partial charge is 0.136 e. The van der Waals surface area contributed by atoms with E-state index in [-0.39, 0.29) is 51.2 Å². The van der Waals surface area contributed by atoms with Crippen molar-refractivity contribution >= 4 is 43.5 Å². The number of rotatable bonds is 4. The van der Waals surface area contributed by atoms with E-state index < -0.39 is 83.6 Å². The molecule has 45 heavy (non-hydrogen) atoms. The Kier molecular flexibility index (Phi) is 3.39. The molecule has 8 aromatic carbocycles. The van der Waals surface area contributed by atoms with Gasteiger partial charge in [-0.1, -0.05) is 145 Å². The minimum absolute atomic E-state index is 0.0289. The molecule has 0 atom stereocenters. The molecule has 0 spiro atoms. The Morgan fingerprint density at radius 1 is 0.356 bits per heavy atom. The summed E-state index contributed by atoms with van der Waals surface area (Å²) >= 11 is 0. The zero-order valence-electron chi connectivity index (χ0n) is 38.4. The Bertz CT molecular complexity index is 3290. The fourth-order valence-corrected chi connectivity index (χ4v) is 6.00. The second kappa shape index (κ2) is 10.4. The summed E-state index contributed by atoms with van der Waals surface area (Å²) in [5.74, 6) is 0. The monoisotopic (exact) mass is 587 g/mol. The van der Waals surface area contributed by atoms with Gasteiger partial charge in [-0.05, 0) is 90.2 Å². The molecule has 9 rings (SSSR count). The lowest BCUT2D eigenvalue weighted by Crippen LogP contribution is -1.92. The molecule has 0 amide bonds. The summed E-state index contributed by atoms with van der Waals surface area (Å²) in [6.45, 7) is 0. The minimum Gasteiger partial charge on any atom is -0.456 e. The van der Waals surface area contributed by atoms with Crippen LogP contribution in [0.3, 0.4) is 0 Å². The first kappa shape index (κ1) is 14.7. The molecule has 1 heterocycles. The highest BCUT2D eigenvalue weighted by atomic mass is 16.3. The van der Waals surface area contributed by atoms with Gasteiger partial charge in [0.25, 0.3) is 0 Å². The largest absolute Gasteiger partial charge is 0.456 e. The van der Waals surface area contributed by atoms with E-state index in [9.17, 15) is 6.85 Å². The molecule has 9 aromatic rings. The van der Waals surface area contributed by atoms with Crippen LogP contribution in [-0.2, 0) is 0 Å². The maximum absolute atomic E-state index is 9.64. The third kappa shape index (κ3) is 4.17. The van der Waals surface area contributed by atoms with Gasteiger partial charge in [-0.3, -0.25) is 0 Å². The number of hydrogen-bond acceptors (Lipinski definition) is 1. The molecule has 0 saturated heterocycles. The number of benzene rings is 8. The van der Waals surface area contributed by atoms with Gasteiger partial charge in [0.15, 0.2) is 0 Å². The van der Waals surface area contributed by atoms with E-state index in [0.717, 1.165) is 0 Å². The summed E-state index contributed by atoms with van der Waals surface area (Å²) in [6, 6.07) is 15.3. The van der Waals surface area contributed by atoms with E-state index in [2.05, 4.69) is 0 Å². The molecule has 0 aliphatic rings. The Hall–Kier alpha value is -5.92. The molecule has 0 fully saturated rings. The van der Waals surface area contributed by atoms with Gasteiger partial charge >= 0.3 is 0 Å². The van der Waals surface area contributed by atoms with Crippen molar-refractivity contribution in [1.82, 2.24) is 0 Å². The molecular formula is C44H28O. The molecule has 0 radical (unpaired) electrons. The van der Waals surface area contributed by atoms with Crippen molar-refractivity contribution in [3.63, 3.8) is 0 Å². The van der Waals surface area contributed by atoms with Crippen molar-refractivity contribution in [2.45, 2.75) is 0 Å². The van der Waals surface area contributed by atoms with E-state index in [1.165, 1.54) is 0 Å². The van der Waals surface area contributed by atoms with Gasteiger partial charge < -0.3 is 4.42 Å². The van der Waals surface area contributed by atoms with Crippen LogP contribution in [0.5, 0.6) is 0 Å². The first-order chi connectivity index (χ1) is 28.6. The molecule has 0 aliphatic heterocycles. The second-order valence-corrected chi connectivity index (χ2v) is 10.5. The molecule has 0 aliphatic carbocycles. The van der Waals surface area contributed by atoms with Crippen LogP contribution in [0.1, 0.15) is 20.6 Å². The lowest BCUT2D eigenvalue weighted by atomic mass is 9.84. The van der Waals surface area contributed by atoms with Crippen LogP contribution in [0.2, 0.25) is 0 Å². The maximum atomic E-state index is 9.64. The van der Waals surface area contributed by atoms with Crippen molar-refractivity contribution < 1.29 is 25.0 Å². The summed E-state index contributed by atoms with van der Waals surface area (Å²) in [5.41, 5.74) is 0.407.